The lowest BCUT2D eigenvalue weighted by molar-refractivity contribution is -0.169. The molecule has 1 aromatic carbocycles. The second-order valence-corrected chi connectivity index (χ2v) is 5.63. The van der Waals surface area contributed by atoms with E-state index in [1.54, 1.807) is 12.1 Å². The highest BCUT2D eigenvalue weighted by Crippen LogP contribution is 2.48. The second kappa shape index (κ2) is 5.15. The van der Waals surface area contributed by atoms with E-state index in [4.69, 9.17) is 9.57 Å². The Bertz CT molecular complexity index is 590. The summed E-state index contributed by atoms with van der Waals surface area (Å²) in [6.45, 7) is 0. The molecule has 0 unspecified atom stereocenters. The van der Waals surface area contributed by atoms with Gasteiger partial charge in [-0.1, -0.05) is 25.3 Å². The number of benzene rings is 1. The van der Waals surface area contributed by atoms with Gasteiger partial charge in [-0.2, -0.15) is 0 Å². The Morgan fingerprint density at radius 2 is 1.90 bits per heavy atom. The predicted molar refractivity (Wildman–Crippen MR) is 75.7 cm³/mol. The summed E-state index contributed by atoms with van der Waals surface area (Å²) in [5.74, 6) is -0.598. The van der Waals surface area contributed by atoms with E-state index in [0.717, 1.165) is 31.2 Å². The van der Waals surface area contributed by atoms with Crippen LogP contribution in [0.3, 0.4) is 0 Å². The van der Waals surface area contributed by atoms with Crippen LogP contribution >= 0.6 is 0 Å². The zero-order chi connectivity index (χ0) is 15.0. The van der Waals surface area contributed by atoms with Gasteiger partial charge in [0, 0.05) is 5.56 Å². The molecule has 1 fully saturated rings. The van der Waals surface area contributed by atoms with Crippen molar-refractivity contribution in [2.75, 3.05) is 14.2 Å². The average Bonchev–Trinajstić information content (AvgIpc) is 2.75. The maximum atomic E-state index is 12.6. The Kier molecular flexibility index (Phi) is 3.45. The summed E-state index contributed by atoms with van der Waals surface area (Å²) >= 11 is 0. The van der Waals surface area contributed by atoms with Crippen molar-refractivity contribution in [2.45, 2.75) is 37.6 Å². The number of hydroxylamine groups is 2. The van der Waals surface area contributed by atoms with E-state index in [9.17, 15) is 9.59 Å². The fourth-order valence-electron chi connectivity index (χ4n) is 3.65. The molecule has 0 saturated heterocycles. The van der Waals surface area contributed by atoms with Crippen LogP contribution in [0.4, 0.5) is 0 Å². The van der Waals surface area contributed by atoms with Gasteiger partial charge in [-0.15, -0.1) is 0 Å². The molecule has 1 amide bonds. The standard InChI is InChI=1S/C16H19NO4/c1-20-15(19)11-6-7-13-12(10-11)14(18)17(21-2)16(13)8-4-3-5-9-16/h6-7,10H,3-5,8-9H2,1-2H3. The lowest BCUT2D eigenvalue weighted by Crippen LogP contribution is -2.44. The van der Waals surface area contributed by atoms with E-state index in [0.29, 0.717) is 11.1 Å². The van der Waals surface area contributed by atoms with E-state index in [1.807, 2.05) is 6.07 Å². The molecule has 1 heterocycles. The van der Waals surface area contributed by atoms with Crippen LogP contribution < -0.4 is 0 Å². The second-order valence-electron chi connectivity index (χ2n) is 5.63. The number of fused-ring (bicyclic) bond motifs is 2. The Labute approximate surface area is 123 Å². The number of hydrogen-bond acceptors (Lipinski definition) is 4. The largest absolute Gasteiger partial charge is 0.465 e. The molecule has 5 heteroatoms. The molecule has 1 aliphatic heterocycles. The van der Waals surface area contributed by atoms with Gasteiger partial charge < -0.3 is 4.74 Å². The summed E-state index contributed by atoms with van der Waals surface area (Å²) < 4.78 is 4.73. The minimum atomic E-state index is -0.431. The minimum Gasteiger partial charge on any atom is -0.465 e. The molecule has 1 spiro atoms. The average molecular weight is 289 g/mol. The van der Waals surface area contributed by atoms with Crippen molar-refractivity contribution in [2.24, 2.45) is 0 Å². The number of esters is 1. The van der Waals surface area contributed by atoms with Crippen molar-refractivity contribution in [1.29, 1.82) is 0 Å². The van der Waals surface area contributed by atoms with E-state index in [2.05, 4.69) is 0 Å². The number of rotatable bonds is 2. The Hall–Kier alpha value is -1.88. The monoisotopic (exact) mass is 289 g/mol. The number of nitrogens with zero attached hydrogens (tertiary/aromatic N) is 1. The highest BCUT2D eigenvalue weighted by molar-refractivity contribution is 6.02. The number of methoxy groups -OCH3 is 1. The lowest BCUT2D eigenvalue weighted by atomic mass is 9.77. The van der Waals surface area contributed by atoms with Gasteiger partial charge in [0.1, 0.15) is 0 Å². The normalized spacial score (nSPS) is 19.7. The first-order valence-electron chi connectivity index (χ1n) is 7.25. The van der Waals surface area contributed by atoms with Gasteiger partial charge in [-0.3, -0.25) is 9.63 Å². The van der Waals surface area contributed by atoms with E-state index in [-0.39, 0.29) is 11.4 Å². The van der Waals surface area contributed by atoms with E-state index in [1.165, 1.54) is 25.7 Å². The van der Waals surface area contributed by atoms with Crippen molar-refractivity contribution in [3.63, 3.8) is 0 Å². The number of carbonyl (C=O) groups excluding carboxylic acids is 2. The maximum Gasteiger partial charge on any atom is 0.337 e. The molecule has 0 atom stereocenters. The molecule has 1 saturated carbocycles. The molecule has 0 aromatic heterocycles. The molecule has 0 N–H and O–H groups in total. The summed E-state index contributed by atoms with van der Waals surface area (Å²) in [6, 6.07) is 5.23. The zero-order valence-corrected chi connectivity index (χ0v) is 12.3. The van der Waals surface area contributed by atoms with Crippen molar-refractivity contribution in [1.82, 2.24) is 5.06 Å². The van der Waals surface area contributed by atoms with Crippen molar-refractivity contribution >= 4 is 11.9 Å². The first-order valence-corrected chi connectivity index (χ1v) is 7.25. The van der Waals surface area contributed by atoms with E-state index >= 15 is 0 Å². The van der Waals surface area contributed by atoms with Crippen LogP contribution in [0.5, 0.6) is 0 Å². The number of amides is 1. The van der Waals surface area contributed by atoms with Crippen LogP contribution in [-0.2, 0) is 15.1 Å². The number of ether oxygens (including phenoxy) is 1. The van der Waals surface area contributed by atoms with Gasteiger partial charge in [0.05, 0.1) is 25.3 Å². The molecule has 0 radical (unpaired) electrons. The third-order valence-corrected chi connectivity index (χ3v) is 4.61. The van der Waals surface area contributed by atoms with Crippen LogP contribution in [0.2, 0.25) is 0 Å². The molecule has 21 heavy (non-hydrogen) atoms. The smallest absolute Gasteiger partial charge is 0.337 e. The highest BCUT2D eigenvalue weighted by atomic mass is 16.7. The fraction of sp³-hybridized carbons (Fsp3) is 0.500. The van der Waals surface area contributed by atoms with Crippen molar-refractivity contribution < 1.29 is 19.2 Å². The van der Waals surface area contributed by atoms with Gasteiger partial charge in [-0.05, 0) is 30.5 Å². The summed E-state index contributed by atoms with van der Waals surface area (Å²) in [5.41, 5.74) is 1.56. The van der Waals surface area contributed by atoms with Gasteiger partial charge in [0.25, 0.3) is 5.91 Å². The Balaban J connectivity index is 2.11. The zero-order valence-electron chi connectivity index (χ0n) is 12.3. The lowest BCUT2D eigenvalue weighted by Gasteiger charge is -2.40. The molecule has 5 nitrogen and oxygen atoms in total. The van der Waals surface area contributed by atoms with Crippen LogP contribution in [0.1, 0.15) is 58.4 Å². The van der Waals surface area contributed by atoms with Gasteiger partial charge in [0.2, 0.25) is 0 Å². The third-order valence-electron chi connectivity index (χ3n) is 4.61. The molecule has 1 aromatic rings. The maximum absolute atomic E-state index is 12.6. The molecular formula is C16H19NO4. The minimum absolute atomic E-state index is 0.167. The quantitative estimate of drug-likeness (QED) is 0.785. The van der Waals surface area contributed by atoms with Crippen molar-refractivity contribution in [3.05, 3.63) is 34.9 Å². The topological polar surface area (TPSA) is 55.8 Å². The summed E-state index contributed by atoms with van der Waals surface area (Å²) in [4.78, 5) is 29.7. The molecule has 0 bridgehead atoms. The number of hydrogen-bond donors (Lipinski definition) is 0. The Morgan fingerprint density at radius 3 is 2.52 bits per heavy atom. The van der Waals surface area contributed by atoms with Gasteiger partial charge >= 0.3 is 5.97 Å². The Morgan fingerprint density at radius 1 is 1.19 bits per heavy atom. The fourth-order valence-corrected chi connectivity index (χ4v) is 3.65. The van der Waals surface area contributed by atoms with Crippen LogP contribution in [-0.4, -0.2) is 31.2 Å². The van der Waals surface area contributed by atoms with Gasteiger partial charge in [0.15, 0.2) is 0 Å². The molecule has 3 rings (SSSR count). The van der Waals surface area contributed by atoms with Crippen molar-refractivity contribution in [3.8, 4) is 0 Å². The molecule has 1 aliphatic carbocycles. The summed E-state index contributed by atoms with van der Waals surface area (Å²) in [6.07, 6.45) is 5.13. The van der Waals surface area contributed by atoms with Crippen LogP contribution in [0.15, 0.2) is 18.2 Å². The van der Waals surface area contributed by atoms with Gasteiger partial charge in [-0.25, -0.2) is 9.86 Å². The molecule has 2 aliphatic rings. The first kappa shape index (κ1) is 14.1. The van der Waals surface area contributed by atoms with Crippen LogP contribution in [0.25, 0.3) is 0 Å². The predicted octanol–water partition coefficient (Wildman–Crippen LogP) is 2.65. The summed E-state index contributed by atoms with van der Waals surface area (Å²) in [5, 5.41) is 1.50. The third kappa shape index (κ3) is 1.95. The SMILES string of the molecule is COC(=O)c1ccc2c(c1)C(=O)N(OC)C21CCCCC1. The molecule has 112 valence electrons. The summed E-state index contributed by atoms with van der Waals surface area (Å²) in [7, 11) is 2.86. The molecular weight excluding hydrogens is 270 g/mol. The first-order chi connectivity index (χ1) is 10.1. The number of carbonyl (C=O) groups is 2. The highest BCUT2D eigenvalue weighted by Gasteiger charge is 2.51. The van der Waals surface area contributed by atoms with Crippen LogP contribution in [0, 0.1) is 0 Å². The van der Waals surface area contributed by atoms with E-state index < -0.39 is 5.97 Å².